The maximum absolute atomic E-state index is 11.5. The number of carbonyl (C=O) groups excluding carboxylic acids is 1. The monoisotopic (exact) mass is 271 g/mol. The number of rotatable bonds is 2. The fraction of sp³-hybridized carbons (Fsp3) is 0.0714. The van der Waals surface area contributed by atoms with Gasteiger partial charge in [0, 0.05) is 22.9 Å². The molecule has 3 rings (SSSR count). The predicted molar refractivity (Wildman–Crippen MR) is 71.7 cm³/mol. The van der Waals surface area contributed by atoms with Crippen LogP contribution in [0.15, 0.2) is 40.8 Å². The van der Waals surface area contributed by atoms with Gasteiger partial charge in [0.05, 0.1) is 17.6 Å². The van der Waals surface area contributed by atoms with Crippen molar-refractivity contribution in [2.75, 3.05) is 7.11 Å². The Morgan fingerprint density at radius 2 is 1.80 bits per heavy atom. The molecule has 0 aliphatic heterocycles. The highest BCUT2D eigenvalue weighted by Gasteiger charge is 2.14. The molecule has 0 saturated heterocycles. The van der Waals surface area contributed by atoms with Crippen LogP contribution in [0.4, 0.5) is 5.69 Å². The number of esters is 1. The Hall–Kier alpha value is -2.89. The van der Waals surface area contributed by atoms with Gasteiger partial charge >= 0.3 is 5.97 Å². The van der Waals surface area contributed by atoms with E-state index in [1.165, 1.54) is 19.2 Å². The van der Waals surface area contributed by atoms with Crippen molar-refractivity contribution >= 4 is 33.6 Å². The first-order valence-corrected chi connectivity index (χ1v) is 5.79. The topological polar surface area (TPSA) is 82.6 Å². The highest BCUT2D eigenvalue weighted by atomic mass is 16.6. The van der Waals surface area contributed by atoms with E-state index in [1.54, 1.807) is 24.3 Å². The zero-order valence-electron chi connectivity index (χ0n) is 10.5. The number of methoxy groups -OCH3 is 1. The molecule has 0 saturated carbocycles. The summed E-state index contributed by atoms with van der Waals surface area (Å²) in [6, 6.07) is 9.20. The van der Waals surface area contributed by atoms with Gasteiger partial charge in [-0.25, -0.2) is 4.79 Å². The molecule has 0 radical (unpaired) electrons. The Kier molecular flexibility index (Phi) is 2.64. The summed E-state index contributed by atoms with van der Waals surface area (Å²) >= 11 is 0. The molecule has 1 aromatic heterocycles. The molecule has 0 aliphatic rings. The van der Waals surface area contributed by atoms with Crippen LogP contribution in [0.2, 0.25) is 0 Å². The summed E-state index contributed by atoms with van der Waals surface area (Å²) in [7, 11) is 1.30. The van der Waals surface area contributed by atoms with Crippen molar-refractivity contribution in [2.45, 2.75) is 0 Å². The fourth-order valence-electron chi connectivity index (χ4n) is 2.12. The molecular weight excluding hydrogens is 262 g/mol. The normalized spacial score (nSPS) is 10.8. The highest BCUT2D eigenvalue weighted by molar-refractivity contribution is 6.08. The van der Waals surface area contributed by atoms with E-state index < -0.39 is 10.9 Å². The third-order valence-electron chi connectivity index (χ3n) is 3.08. The van der Waals surface area contributed by atoms with E-state index in [0.29, 0.717) is 27.5 Å². The van der Waals surface area contributed by atoms with Crippen LogP contribution < -0.4 is 0 Å². The van der Waals surface area contributed by atoms with Gasteiger partial charge in [-0.3, -0.25) is 10.1 Å². The molecule has 20 heavy (non-hydrogen) atoms. The lowest BCUT2D eigenvalue weighted by molar-refractivity contribution is -0.384. The molecule has 0 unspecified atom stereocenters. The van der Waals surface area contributed by atoms with Gasteiger partial charge in [0.1, 0.15) is 11.2 Å². The van der Waals surface area contributed by atoms with Crippen molar-refractivity contribution in [1.29, 1.82) is 0 Å². The summed E-state index contributed by atoms with van der Waals surface area (Å²) in [5, 5.41) is 12.1. The van der Waals surface area contributed by atoms with Crippen LogP contribution in [-0.4, -0.2) is 18.0 Å². The van der Waals surface area contributed by atoms with E-state index in [4.69, 9.17) is 4.42 Å². The number of nitrogens with zero attached hydrogens (tertiary/aromatic N) is 1. The van der Waals surface area contributed by atoms with E-state index in [9.17, 15) is 14.9 Å². The van der Waals surface area contributed by atoms with Gasteiger partial charge in [-0.2, -0.15) is 0 Å². The molecule has 0 N–H and O–H groups in total. The molecule has 100 valence electrons. The fourth-order valence-corrected chi connectivity index (χ4v) is 2.12. The van der Waals surface area contributed by atoms with E-state index in [1.807, 2.05) is 0 Å². The summed E-state index contributed by atoms with van der Waals surface area (Å²) < 4.78 is 10.2. The van der Waals surface area contributed by atoms with Crippen LogP contribution in [0.3, 0.4) is 0 Å². The molecule has 6 heteroatoms. The Bertz CT molecular complexity index is 849. The van der Waals surface area contributed by atoms with Crippen LogP contribution in [-0.2, 0) is 4.74 Å². The van der Waals surface area contributed by atoms with Crippen molar-refractivity contribution in [1.82, 2.24) is 0 Å². The first-order valence-electron chi connectivity index (χ1n) is 5.79. The van der Waals surface area contributed by atoms with Gasteiger partial charge in [0.25, 0.3) is 5.69 Å². The van der Waals surface area contributed by atoms with Crippen LogP contribution in [0.25, 0.3) is 21.9 Å². The zero-order valence-corrected chi connectivity index (χ0v) is 10.5. The first kappa shape index (κ1) is 12.2. The number of furan rings is 1. The van der Waals surface area contributed by atoms with Crippen LogP contribution in [0, 0.1) is 10.1 Å². The predicted octanol–water partition coefficient (Wildman–Crippen LogP) is 3.28. The summed E-state index contributed by atoms with van der Waals surface area (Å²) in [6.45, 7) is 0. The van der Waals surface area contributed by atoms with E-state index in [-0.39, 0.29) is 5.69 Å². The number of fused-ring (bicyclic) bond motifs is 3. The standard InChI is InChI=1S/C14H9NO5/c1-19-14(16)8-2-4-12-10(6-8)11-7-9(15(17)18)3-5-13(11)20-12/h2-7H,1H3. The van der Waals surface area contributed by atoms with Crippen molar-refractivity contribution in [3.8, 4) is 0 Å². The SMILES string of the molecule is COC(=O)c1ccc2oc3ccc([N+](=O)[O-])cc3c2c1. The second kappa shape index (κ2) is 4.34. The molecule has 0 fully saturated rings. The van der Waals surface area contributed by atoms with E-state index in [2.05, 4.69) is 4.74 Å². The molecule has 3 aromatic rings. The number of nitro benzene ring substituents is 1. The Labute approximate surface area is 112 Å². The third-order valence-corrected chi connectivity index (χ3v) is 3.08. The molecule has 1 heterocycles. The van der Waals surface area contributed by atoms with Crippen molar-refractivity contribution in [3.63, 3.8) is 0 Å². The maximum atomic E-state index is 11.5. The smallest absolute Gasteiger partial charge is 0.337 e. The third kappa shape index (κ3) is 1.78. The number of ether oxygens (including phenoxy) is 1. The summed E-state index contributed by atoms with van der Waals surface area (Å²) in [6.07, 6.45) is 0. The van der Waals surface area contributed by atoms with Gasteiger partial charge in [-0.05, 0) is 24.3 Å². The number of non-ortho nitro benzene ring substituents is 1. The molecule has 0 spiro atoms. The van der Waals surface area contributed by atoms with Crippen LogP contribution in [0.5, 0.6) is 0 Å². The molecule has 2 aromatic carbocycles. The van der Waals surface area contributed by atoms with Gasteiger partial charge in [-0.1, -0.05) is 0 Å². The summed E-state index contributed by atoms with van der Waals surface area (Å²) in [5.74, 6) is -0.466. The summed E-state index contributed by atoms with van der Waals surface area (Å²) in [5.41, 5.74) is 1.44. The number of benzene rings is 2. The molecule has 0 bridgehead atoms. The minimum absolute atomic E-state index is 0.0244. The summed E-state index contributed by atoms with van der Waals surface area (Å²) in [4.78, 5) is 21.9. The number of hydrogen-bond donors (Lipinski definition) is 0. The quantitative estimate of drug-likeness (QED) is 0.405. The highest BCUT2D eigenvalue weighted by Crippen LogP contribution is 2.32. The Morgan fingerprint density at radius 3 is 2.45 bits per heavy atom. The van der Waals surface area contributed by atoms with Crippen LogP contribution >= 0.6 is 0 Å². The lowest BCUT2D eigenvalue weighted by Crippen LogP contribution is -2.00. The minimum atomic E-state index is -0.470. The van der Waals surface area contributed by atoms with Gasteiger partial charge in [0.2, 0.25) is 0 Å². The minimum Gasteiger partial charge on any atom is -0.465 e. The second-order valence-corrected chi connectivity index (χ2v) is 4.24. The molecule has 0 atom stereocenters. The van der Waals surface area contributed by atoms with E-state index in [0.717, 1.165) is 0 Å². The zero-order chi connectivity index (χ0) is 14.3. The van der Waals surface area contributed by atoms with Crippen molar-refractivity contribution < 1.29 is 18.9 Å². The lowest BCUT2D eigenvalue weighted by atomic mass is 10.1. The Morgan fingerprint density at radius 1 is 1.15 bits per heavy atom. The maximum Gasteiger partial charge on any atom is 0.337 e. The molecule has 6 nitrogen and oxygen atoms in total. The van der Waals surface area contributed by atoms with Crippen molar-refractivity contribution in [3.05, 3.63) is 52.1 Å². The molecular formula is C14H9NO5. The molecule has 0 amide bonds. The Balaban J connectivity index is 2.31. The lowest BCUT2D eigenvalue weighted by Gasteiger charge is -1.98. The number of hydrogen-bond acceptors (Lipinski definition) is 5. The van der Waals surface area contributed by atoms with Crippen molar-refractivity contribution in [2.24, 2.45) is 0 Å². The molecule has 0 aliphatic carbocycles. The average Bonchev–Trinajstić information content (AvgIpc) is 2.83. The largest absolute Gasteiger partial charge is 0.465 e. The van der Waals surface area contributed by atoms with Crippen LogP contribution in [0.1, 0.15) is 10.4 Å². The second-order valence-electron chi connectivity index (χ2n) is 4.24. The number of nitro groups is 1. The van der Waals surface area contributed by atoms with Gasteiger partial charge in [-0.15, -0.1) is 0 Å². The van der Waals surface area contributed by atoms with E-state index >= 15 is 0 Å². The van der Waals surface area contributed by atoms with Gasteiger partial charge in [0.15, 0.2) is 0 Å². The first-order chi connectivity index (χ1) is 9.60. The average molecular weight is 271 g/mol. The number of carbonyl (C=O) groups is 1. The van der Waals surface area contributed by atoms with Gasteiger partial charge < -0.3 is 9.15 Å².